The minimum atomic E-state index is -0.865. The fraction of sp³-hybridized carbons (Fsp3) is 0.105. The molecule has 9 nitrogen and oxygen atoms in total. The van der Waals surface area contributed by atoms with Crippen LogP contribution in [-0.4, -0.2) is 34.2 Å². The van der Waals surface area contributed by atoms with Crippen molar-refractivity contribution < 1.29 is 19.1 Å². The van der Waals surface area contributed by atoms with Crippen LogP contribution in [0.5, 0.6) is 0 Å². The Kier molecular flexibility index (Phi) is 5.45. The maximum atomic E-state index is 12.3. The van der Waals surface area contributed by atoms with Gasteiger partial charge in [-0.05, 0) is 18.2 Å². The minimum Gasteiger partial charge on any atom is -0.451 e. The van der Waals surface area contributed by atoms with Gasteiger partial charge in [0.05, 0.1) is 5.39 Å². The van der Waals surface area contributed by atoms with Gasteiger partial charge in [-0.15, -0.1) is 0 Å². The first-order valence-corrected chi connectivity index (χ1v) is 8.25. The van der Waals surface area contributed by atoms with E-state index in [9.17, 15) is 19.2 Å². The molecule has 0 spiro atoms. The summed E-state index contributed by atoms with van der Waals surface area (Å²) in [4.78, 5) is 48.1. The highest BCUT2D eigenvalue weighted by atomic mass is 16.5. The van der Waals surface area contributed by atoms with E-state index in [1.807, 2.05) is 0 Å². The molecule has 3 rings (SSSR count). The first-order chi connectivity index (χ1) is 13.5. The third kappa shape index (κ3) is 4.04. The van der Waals surface area contributed by atoms with Crippen molar-refractivity contribution in [1.82, 2.24) is 20.6 Å². The van der Waals surface area contributed by atoms with Crippen molar-refractivity contribution in [2.75, 3.05) is 6.61 Å². The quantitative estimate of drug-likeness (QED) is 0.504. The summed E-state index contributed by atoms with van der Waals surface area (Å²) in [6, 6.07) is 14.8. The lowest BCUT2D eigenvalue weighted by atomic mass is 10.1. The number of ether oxygens (including phenoxy) is 1. The molecule has 2 N–H and O–H groups in total. The molecular weight excluding hydrogens is 364 g/mol. The highest BCUT2D eigenvalue weighted by Gasteiger charge is 2.18. The molecule has 28 heavy (non-hydrogen) atoms. The Hall–Kier alpha value is -4.01. The number of fused-ring (bicyclic) bond motifs is 1. The summed E-state index contributed by atoms with van der Waals surface area (Å²) in [5.41, 5.74) is 4.30. The van der Waals surface area contributed by atoms with Gasteiger partial charge in [-0.2, -0.15) is 5.10 Å². The molecule has 2 aromatic carbocycles. The standard InChI is InChI=1S/C19H16N4O5/c1-23-18(26)14-10-6-5-9-13(14)16(22-23)19(27)28-11-15(24)20-21-17(25)12-7-3-2-4-8-12/h2-10H,11H2,1H3,(H,20,24)(H,21,25). The number of hydrogen-bond acceptors (Lipinski definition) is 6. The SMILES string of the molecule is Cn1nc(C(=O)OCC(=O)NNC(=O)c2ccccc2)c2ccccc2c1=O. The Morgan fingerprint density at radius 1 is 0.964 bits per heavy atom. The van der Waals surface area contributed by atoms with Crippen LogP contribution in [0.25, 0.3) is 10.8 Å². The van der Waals surface area contributed by atoms with Crippen molar-refractivity contribution in [3.05, 3.63) is 76.2 Å². The molecule has 9 heteroatoms. The van der Waals surface area contributed by atoms with Gasteiger partial charge in [0.15, 0.2) is 12.3 Å². The third-order valence-corrected chi connectivity index (χ3v) is 3.84. The van der Waals surface area contributed by atoms with Crippen molar-refractivity contribution in [2.24, 2.45) is 7.05 Å². The molecule has 1 heterocycles. The second-order valence-corrected chi connectivity index (χ2v) is 5.77. The number of carbonyl (C=O) groups excluding carboxylic acids is 3. The number of benzene rings is 2. The second-order valence-electron chi connectivity index (χ2n) is 5.77. The van der Waals surface area contributed by atoms with E-state index in [-0.39, 0.29) is 11.3 Å². The van der Waals surface area contributed by atoms with Crippen LogP contribution in [0.4, 0.5) is 0 Å². The smallest absolute Gasteiger partial charge is 0.359 e. The van der Waals surface area contributed by atoms with Crippen LogP contribution < -0.4 is 16.4 Å². The van der Waals surface area contributed by atoms with E-state index in [1.54, 1.807) is 54.6 Å². The summed E-state index contributed by atoms with van der Waals surface area (Å²) < 4.78 is 5.98. The number of nitrogens with zero attached hydrogens (tertiary/aromatic N) is 2. The van der Waals surface area contributed by atoms with E-state index in [1.165, 1.54) is 7.05 Å². The number of aryl methyl sites for hydroxylation is 1. The molecule has 0 fully saturated rings. The molecule has 3 aromatic rings. The predicted molar refractivity (Wildman–Crippen MR) is 99.3 cm³/mol. The molecule has 0 bridgehead atoms. The Labute approximate surface area is 158 Å². The van der Waals surface area contributed by atoms with Gasteiger partial charge >= 0.3 is 5.97 Å². The normalized spacial score (nSPS) is 10.3. The van der Waals surface area contributed by atoms with Crippen LogP contribution >= 0.6 is 0 Å². The zero-order chi connectivity index (χ0) is 20.1. The number of esters is 1. The Balaban J connectivity index is 1.62. The Bertz CT molecular complexity index is 1110. The summed E-state index contributed by atoms with van der Waals surface area (Å²) in [7, 11) is 1.41. The fourth-order valence-corrected chi connectivity index (χ4v) is 2.47. The van der Waals surface area contributed by atoms with Gasteiger partial charge in [-0.3, -0.25) is 25.2 Å². The second kappa shape index (κ2) is 8.12. The van der Waals surface area contributed by atoms with Gasteiger partial charge in [0.25, 0.3) is 17.4 Å². The summed E-state index contributed by atoms with van der Waals surface area (Å²) in [6.45, 7) is -0.632. The number of hydrogen-bond donors (Lipinski definition) is 2. The molecule has 0 unspecified atom stereocenters. The highest BCUT2D eigenvalue weighted by Crippen LogP contribution is 2.13. The van der Waals surface area contributed by atoms with Crippen LogP contribution in [0, 0.1) is 0 Å². The number of nitrogens with one attached hydrogen (secondary N) is 2. The topological polar surface area (TPSA) is 119 Å². The largest absolute Gasteiger partial charge is 0.451 e. The molecule has 1 aromatic heterocycles. The molecule has 0 radical (unpaired) electrons. The zero-order valence-electron chi connectivity index (χ0n) is 14.8. The predicted octanol–water partition coefficient (Wildman–Crippen LogP) is 0.552. The molecule has 0 saturated carbocycles. The number of rotatable bonds is 4. The number of carbonyl (C=O) groups is 3. The molecule has 2 amide bonds. The molecule has 142 valence electrons. The lowest BCUT2D eigenvalue weighted by Crippen LogP contribution is -2.43. The van der Waals surface area contributed by atoms with Crippen LogP contribution in [-0.2, 0) is 16.6 Å². The van der Waals surface area contributed by atoms with Gasteiger partial charge in [-0.25, -0.2) is 9.48 Å². The van der Waals surface area contributed by atoms with Crippen molar-refractivity contribution in [1.29, 1.82) is 0 Å². The van der Waals surface area contributed by atoms with Crippen LogP contribution in [0.2, 0.25) is 0 Å². The van der Waals surface area contributed by atoms with E-state index < -0.39 is 24.4 Å². The molecule has 0 atom stereocenters. The number of hydrazine groups is 1. The summed E-state index contributed by atoms with van der Waals surface area (Å²) >= 11 is 0. The lowest BCUT2D eigenvalue weighted by molar-refractivity contribution is -0.125. The monoisotopic (exact) mass is 380 g/mol. The van der Waals surface area contributed by atoms with E-state index in [0.29, 0.717) is 16.3 Å². The molecule has 0 aliphatic carbocycles. The van der Waals surface area contributed by atoms with Crippen LogP contribution in [0.15, 0.2) is 59.4 Å². The average Bonchev–Trinajstić information content (AvgIpc) is 2.73. The highest BCUT2D eigenvalue weighted by molar-refractivity contribution is 6.02. The van der Waals surface area contributed by atoms with Crippen molar-refractivity contribution >= 4 is 28.6 Å². The van der Waals surface area contributed by atoms with Crippen LogP contribution in [0.3, 0.4) is 0 Å². The minimum absolute atomic E-state index is 0.0844. The molecule has 0 saturated heterocycles. The maximum absolute atomic E-state index is 12.3. The average molecular weight is 380 g/mol. The molecule has 0 aliphatic rings. The summed E-state index contributed by atoms with van der Waals surface area (Å²) in [6.07, 6.45) is 0. The van der Waals surface area contributed by atoms with E-state index >= 15 is 0 Å². The van der Waals surface area contributed by atoms with Gasteiger partial charge in [-0.1, -0.05) is 36.4 Å². The van der Waals surface area contributed by atoms with E-state index in [0.717, 1.165) is 4.68 Å². The van der Waals surface area contributed by atoms with Gasteiger partial charge in [0.1, 0.15) is 0 Å². The third-order valence-electron chi connectivity index (χ3n) is 3.84. The Morgan fingerprint density at radius 2 is 1.61 bits per heavy atom. The maximum Gasteiger partial charge on any atom is 0.359 e. The number of aromatic nitrogens is 2. The molecule has 0 aliphatic heterocycles. The molecular formula is C19H16N4O5. The summed E-state index contributed by atoms with van der Waals surface area (Å²) in [5.74, 6) is -2.10. The first kappa shape index (κ1) is 18.8. The lowest BCUT2D eigenvalue weighted by Gasteiger charge is -2.09. The zero-order valence-corrected chi connectivity index (χ0v) is 14.8. The van der Waals surface area contributed by atoms with Crippen molar-refractivity contribution in [3.8, 4) is 0 Å². The van der Waals surface area contributed by atoms with Crippen molar-refractivity contribution in [3.63, 3.8) is 0 Å². The first-order valence-electron chi connectivity index (χ1n) is 8.25. The van der Waals surface area contributed by atoms with Gasteiger partial charge in [0.2, 0.25) is 0 Å². The summed E-state index contributed by atoms with van der Waals surface area (Å²) in [5, 5.41) is 4.56. The van der Waals surface area contributed by atoms with Gasteiger partial charge in [0, 0.05) is 18.0 Å². The van der Waals surface area contributed by atoms with Gasteiger partial charge < -0.3 is 4.74 Å². The van der Waals surface area contributed by atoms with E-state index in [2.05, 4.69) is 16.0 Å². The van der Waals surface area contributed by atoms with E-state index in [4.69, 9.17) is 4.74 Å². The Morgan fingerprint density at radius 3 is 2.32 bits per heavy atom. The number of amides is 2. The van der Waals surface area contributed by atoms with Crippen molar-refractivity contribution in [2.45, 2.75) is 0 Å². The fourth-order valence-electron chi connectivity index (χ4n) is 2.47. The van der Waals surface area contributed by atoms with Crippen LogP contribution in [0.1, 0.15) is 20.8 Å².